The quantitative estimate of drug-likeness (QED) is 0.479. The van der Waals surface area contributed by atoms with Gasteiger partial charge in [-0.2, -0.15) is 0 Å². The van der Waals surface area contributed by atoms with Gasteiger partial charge in [0.1, 0.15) is 11.4 Å². The Hall–Kier alpha value is -2.56. The van der Waals surface area contributed by atoms with Crippen molar-refractivity contribution in [3.63, 3.8) is 0 Å². The highest BCUT2D eigenvalue weighted by molar-refractivity contribution is 5.64. The van der Waals surface area contributed by atoms with Gasteiger partial charge in [0.2, 0.25) is 0 Å². The minimum absolute atomic E-state index is 0.0653. The Balaban J connectivity index is 1.94. The highest BCUT2D eigenvalue weighted by atomic mass is 16.6. The van der Waals surface area contributed by atoms with Crippen molar-refractivity contribution in [2.24, 2.45) is 0 Å². The number of methoxy groups -OCH3 is 1. The third-order valence-corrected chi connectivity index (χ3v) is 3.20. The lowest BCUT2D eigenvalue weighted by atomic mass is 10.1. The van der Waals surface area contributed by atoms with E-state index >= 15 is 0 Å². The molecule has 2 aromatic carbocycles. The van der Waals surface area contributed by atoms with E-state index in [0.29, 0.717) is 18.0 Å². The number of anilines is 1. The average molecular weight is 286 g/mol. The molecule has 0 spiro atoms. The third-order valence-electron chi connectivity index (χ3n) is 3.20. The molecule has 5 heteroatoms. The van der Waals surface area contributed by atoms with Crippen molar-refractivity contribution < 1.29 is 9.66 Å². The normalized spacial score (nSPS) is 10.1. The van der Waals surface area contributed by atoms with Gasteiger partial charge < -0.3 is 10.1 Å². The fourth-order valence-corrected chi connectivity index (χ4v) is 2.10. The van der Waals surface area contributed by atoms with Gasteiger partial charge in [-0.1, -0.05) is 30.3 Å². The van der Waals surface area contributed by atoms with Crippen LogP contribution in [0.25, 0.3) is 0 Å². The number of aryl methyl sites for hydroxylation is 1. The zero-order chi connectivity index (χ0) is 15.1. The molecular weight excluding hydrogens is 268 g/mol. The number of hydrogen-bond acceptors (Lipinski definition) is 4. The molecule has 2 rings (SSSR count). The maximum absolute atomic E-state index is 11.0. The summed E-state index contributed by atoms with van der Waals surface area (Å²) in [5.74, 6) is 0.603. The highest BCUT2D eigenvalue weighted by Crippen LogP contribution is 2.28. The van der Waals surface area contributed by atoms with Crippen LogP contribution in [0.15, 0.2) is 48.5 Å². The summed E-state index contributed by atoms with van der Waals surface area (Å²) >= 11 is 0. The molecule has 0 fully saturated rings. The van der Waals surface area contributed by atoms with Gasteiger partial charge in [0.15, 0.2) is 0 Å². The fourth-order valence-electron chi connectivity index (χ4n) is 2.10. The van der Waals surface area contributed by atoms with E-state index < -0.39 is 0 Å². The van der Waals surface area contributed by atoms with Crippen LogP contribution >= 0.6 is 0 Å². The molecule has 0 saturated heterocycles. The molecule has 0 bridgehead atoms. The minimum atomic E-state index is -0.390. The van der Waals surface area contributed by atoms with Crippen LogP contribution in [0.4, 0.5) is 11.4 Å². The van der Waals surface area contributed by atoms with Crippen molar-refractivity contribution in [1.82, 2.24) is 0 Å². The molecule has 5 nitrogen and oxygen atoms in total. The Labute approximate surface area is 123 Å². The molecule has 2 aromatic rings. The molecule has 0 aliphatic heterocycles. The Bertz CT molecular complexity index is 600. The van der Waals surface area contributed by atoms with Gasteiger partial charge >= 0.3 is 0 Å². The van der Waals surface area contributed by atoms with Gasteiger partial charge in [-0.15, -0.1) is 0 Å². The highest BCUT2D eigenvalue weighted by Gasteiger charge is 2.13. The molecule has 0 aromatic heterocycles. The van der Waals surface area contributed by atoms with Crippen molar-refractivity contribution in [3.8, 4) is 5.75 Å². The van der Waals surface area contributed by atoms with E-state index in [1.165, 1.54) is 11.6 Å². The van der Waals surface area contributed by atoms with Gasteiger partial charge in [0.05, 0.1) is 12.0 Å². The number of benzene rings is 2. The van der Waals surface area contributed by atoms with E-state index in [0.717, 1.165) is 12.8 Å². The SMILES string of the molecule is COc1ccc([N+](=O)[O-])c(NCCCc2ccccc2)c1. The standard InChI is InChI=1S/C16H18N2O3/c1-21-14-9-10-16(18(19)20)15(12-14)17-11-5-8-13-6-3-2-4-7-13/h2-4,6-7,9-10,12,17H,5,8,11H2,1H3. The second kappa shape index (κ2) is 7.28. The second-order valence-electron chi connectivity index (χ2n) is 4.66. The minimum Gasteiger partial charge on any atom is -0.497 e. The van der Waals surface area contributed by atoms with Crippen molar-refractivity contribution in [3.05, 3.63) is 64.2 Å². The molecule has 0 amide bonds. The van der Waals surface area contributed by atoms with Gasteiger partial charge in [-0.25, -0.2) is 0 Å². The zero-order valence-corrected chi connectivity index (χ0v) is 11.9. The van der Waals surface area contributed by atoms with Crippen molar-refractivity contribution >= 4 is 11.4 Å². The maximum Gasteiger partial charge on any atom is 0.292 e. The number of nitro benzene ring substituents is 1. The Morgan fingerprint density at radius 1 is 1.19 bits per heavy atom. The summed E-state index contributed by atoms with van der Waals surface area (Å²) < 4.78 is 5.10. The molecule has 0 unspecified atom stereocenters. The predicted octanol–water partition coefficient (Wildman–Crippen LogP) is 3.65. The van der Waals surface area contributed by atoms with Gasteiger partial charge in [0, 0.05) is 18.7 Å². The summed E-state index contributed by atoms with van der Waals surface area (Å²) in [6.07, 6.45) is 1.84. The summed E-state index contributed by atoms with van der Waals surface area (Å²) in [5.41, 5.74) is 1.82. The molecule has 21 heavy (non-hydrogen) atoms. The van der Waals surface area contributed by atoms with Gasteiger partial charge in [0.25, 0.3) is 5.69 Å². The van der Waals surface area contributed by atoms with Crippen LogP contribution in [0, 0.1) is 10.1 Å². The first-order chi connectivity index (χ1) is 10.2. The summed E-state index contributed by atoms with van der Waals surface area (Å²) in [7, 11) is 1.54. The summed E-state index contributed by atoms with van der Waals surface area (Å²) in [6.45, 7) is 0.670. The number of ether oxygens (including phenoxy) is 1. The van der Waals surface area contributed by atoms with E-state index in [4.69, 9.17) is 4.74 Å². The fraction of sp³-hybridized carbons (Fsp3) is 0.250. The van der Waals surface area contributed by atoms with Crippen LogP contribution in [-0.2, 0) is 6.42 Å². The zero-order valence-electron chi connectivity index (χ0n) is 11.9. The first kappa shape index (κ1) is 14.8. The van der Waals surface area contributed by atoms with Crippen LogP contribution < -0.4 is 10.1 Å². The Morgan fingerprint density at radius 3 is 2.62 bits per heavy atom. The van der Waals surface area contributed by atoms with E-state index in [1.54, 1.807) is 19.2 Å². The van der Waals surface area contributed by atoms with Crippen LogP contribution in [0.5, 0.6) is 5.75 Å². The summed E-state index contributed by atoms with van der Waals surface area (Å²) in [6, 6.07) is 14.9. The number of nitrogens with zero attached hydrogens (tertiary/aromatic N) is 1. The molecule has 0 aliphatic carbocycles. The van der Waals surface area contributed by atoms with Crippen LogP contribution in [0.2, 0.25) is 0 Å². The monoisotopic (exact) mass is 286 g/mol. The second-order valence-corrected chi connectivity index (χ2v) is 4.66. The Morgan fingerprint density at radius 2 is 1.95 bits per heavy atom. The van der Waals surface area contributed by atoms with Crippen LogP contribution in [0.1, 0.15) is 12.0 Å². The molecule has 0 saturated carbocycles. The molecule has 0 aliphatic rings. The topological polar surface area (TPSA) is 64.4 Å². The number of nitrogens with one attached hydrogen (secondary N) is 1. The lowest BCUT2D eigenvalue weighted by Gasteiger charge is -2.09. The van der Waals surface area contributed by atoms with Crippen LogP contribution in [-0.4, -0.2) is 18.6 Å². The molecular formula is C16H18N2O3. The average Bonchev–Trinajstić information content (AvgIpc) is 2.52. The van der Waals surface area contributed by atoms with Crippen LogP contribution in [0.3, 0.4) is 0 Å². The van der Waals surface area contributed by atoms with Crippen molar-refractivity contribution in [2.75, 3.05) is 19.0 Å². The Kier molecular flexibility index (Phi) is 5.15. The summed E-state index contributed by atoms with van der Waals surface area (Å²) in [5, 5.41) is 14.1. The number of nitro groups is 1. The smallest absolute Gasteiger partial charge is 0.292 e. The lowest BCUT2D eigenvalue weighted by molar-refractivity contribution is -0.384. The largest absolute Gasteiger partial charge is 0.497 e. The predicted molar refractivity (Wildman–Crippen MR) is 82.9 cm³/mol. The molecule has 0 atom stereocenters. The molecule has 110 valence electrons. The lowest BCUT2D eigenvalue weighted by Crippen LogP contribution is -2.05. The summed E-state index contributed by atoms with van der Waals surface area (Å²) in [4.78, 5) is 10.6. The number of hydrogen-bond donors (Lipinski definition) is 1. The maximum atomic E-state index is 11.0. The van der Waals surface area contributed by atoms with E-state index in [-0.39, 0.29) is 10.6 Å². The molecule has 1 N–H and O–H groups in total. The van der Waals surface area contributed by atoms with E-state index in [1.807, 2.05) is 18.2 Å². The molecule has 0 heterocycles. The third kappa shape index (κ3) is 4.21. The first-order valence-corrected chi connectivity index (χ1v) is 6.81. The molecule has 0 radical (unpaired) electrons. The van der Waals surface area contributed by atoms with Crippen molar-refractivity contribution in [1.29, 1.82) is 0 Å². The van der Waals surface area contributed by atoms with E-state index in [9.17, 15) is 10.1 Å². The van der Waals surface area contributed by atoms with Gasteiger partial charge in [-0.05, 0) is 24.5 Å². The van der Waals surface area contributed by atoms with E-state index in [2.05, 4.69) is 17.4 Å². The number of rotatable bonds is 7. The van der Waals surface area contributed by atoms with Crippen molar-refractivity contribution in [2.45, 2.75) is 12.8 Å². The first-order valence-electron chi connectivity index (χ1n) is 6.81. The van der Waals surface area contributed by atoms with Gasteiger partial charge in [-0.3, -0.25) is 10.1 Å².